The van der Waals surface area contributed by atoms with Crippen LogP contribution in [0.2, 0.25) is 0 Å². The Balaban J connectivity index is 3.47. The van der Waals surface area contributed by atoms with Crippen molar-refractivity contribution in [2.24, 2.45) is 5.41 Å². The van der Waals surface area contributed by atoms with E-state index >= 15 is 0 Å². The summed E-state index contributed by atoms with van der Waals surface area (Å²) in [5, 5.41) is 10.3. The average molecular weight is 324 g/mol. The Morgan fingerprint density at radius 3 is 2.09 bits per heavy atom. The second-order valence-electron chi connectivity index (χ2n) is 6.20. The van der Waals surface area contributed by atoms with Gasteiger partial charge in [0.15, 0.2) is 5.78 Å². The van der Waals surface area contributed by atoms with E-state index in [0.717, 1.165) is 0 Å². The summed E-state index contributed by atoms with van der Waals surface area (Å²) in [6, 6.07) is 0. The lowest BCUT2D eigenvalue weighted by Gasteiger charge is -2.30. The molecule has 0 fully saturated rings. The van der Waals surface area contributed by atoms with Crippen LogP contribution in [0.25, 0.3) is 0 Å². The van der Waals surface area contributed by atoms with Crippen LogP contribution < -0.4 is 0 Å². The third-order valence-electron chi connectivity index (χ3n) is 3.54. The van der Waals surface area contributed by atoms with E-state index < -0.39 is 17.4 Å². The van der Waals surface area contributed by atoms with Crippen molar-refractivity contribution < 1.29 is 29.0 Å². The normalized spacial score (nSPS) is 18.4. The molecule has 0 aromatic rings. The second-order valence-corrected chi connectivity index (χ2v) is 6.20. The van der Waals surface area contributed by atoms with Gasteiger partial charge < -0.3 is 14.6 Å². The van der Waals surface area contributed by atoms with Crippen molar-refractivity contribution in [2.45, 2.75) is 47.5 Å². The Kier molecular flexibility index (Phi) is 6.12. The maximum Gasteiger partial charge on any atom is 0.339 e. The number of rotatable bonds is 5. The lowest BCUT2D eigenvalue weighted by molar-refractivity contribution is -0.141. The van der Waals surface area contributed by atoms with Crippen LogP contribution in [0.1, 0.15) is 47.5 Å². The van der Waals surface area contributed by atoms with Crippen molar-refractivity contribution >= 4 is 17.7 Å². The molecule has 0 saturated heterocycles. The van der Waals surface area contributed by atoms with Gasteiger partial charge in [-0.1, -0.05) is 13.8 Å². The predicted molar refractivity (Wildman–Crippen MR) is 83.6 cm³/mol. The number of Topliss-reactive ketones (excluding diaryl/α,β-unsaturated/α-hetero) is 1. The van der Waals surface area contributed by atoms with Gasteiger partial charge in [-0.25, -0.2) is 9.59 Å². The quantitative estimate of drug-likeness (QED) is 0.617. The van der Waals surface area contributed by atoms with Gasteiger partial charge in [0.1, 0.15) is 5.76 Å². The van der Waals surface area contributed by atoms with E-state index in [9.17, 15) is 19.5 Å². The Hall–Kier alpha value is -2.11. The highest BCUT2D eigenvalue weighted by molar-refractivity contribution is 6.14. The number of aliphatic hydroxyl groups is 1. The molecule has 0 aromatic carbocycles. The van der Waals surface area contributed by atoms with E-state index in [0.29, 0.717) is 0 Å². The first kappa shape index (κ1) is 18.9. The van der Waals surface area contributed by atoms with Crippen LogP contribution in [0.5, 0.6) is 0 Å². The number of aliphatic hydroxyl groups excluding tert-OH is 1. The lowest BCUT2D eigenvalue weighted by atomic mass is 9.74. The van der Waals surface area contributed by atoms with Gasteiger partial charge >= 0.3 is 11.9 Å². The average Bonchev–Trinajstić information content (AvgIpc) is 2.41. The molecule has 0 amide bonds. The van der Waals surface area contributed by atoms with E-state index in [1.54, 1.807) is 13.8 Å². The minimum absolute atomic E-state index is 0.0418. The highest BCUT2D eigenvalue weighted by Gasteiger charge is 2.38. The molecule has 0 aromatic heterocycles. The van der Waals surface area contributed by atoms with Crippen LogP contribution in [0.3, 0.4) is 0 Å². The van der Waals surface area contributed by atoms with E-state index in [1.807, 2.05) is 13.8 Å². The Bertz CT molecular complexity index is 580. The molecule has 0 unspecified atom stereocenters. The van der Waals surface area contributed by atoms with Crippen molar-refractivity contribution in [1.29, 1.82) is 0 Å². The molecule has 0 spiro atoms. The molecular formula is C17H24O6. The van der Waals surface area contributed by atoms with E-state index in [2.05, 4.69) is 0 Å². The van der Waals surface area contributed by atoms with Crippen LogP contribution in [-0.4, -0.2) is 36.0 Å². The first-order chi connectivity index (χ1) is 10.6. The van der Waals surface area contributed by atoms with Gasteiger partial charge in [0.25, 0.3) is 0 Å². The molecule has 0 radical (unpaired) electrons. The molecule has 23 heavy (non-hydrogen) atoms. The molecule has 6 nitrogen and oxygen atoms in total. The van der Waals surface area contributed by atoms with Gasteiger partial charge in [0.05, 0.1) is 24.4 Å². The zero-order valence-corrected chi connectivity index (χ0v) is 14.3. The van der Waals surface area contributed by atoms with Crippen LogP contribution in [-0.2, 0) is 23.9 Å². The number of carbonyl (C=O) groups is 3. The molecule has 0 atom stereocenters. The van der Waals surface area contributed by atoms with Crippen LogP contribution in [0.4, 0.5) is 0 Å². The maximum atomic E-state index is 12.4. The second kappa shape index (κ2) is 7.44. The van der Waals surface area contributed by atoms with E-state index in [4.69, 9.17) is 9.47 Å². The summed E-state index contributed by atoms with van der Waals surface area (Å²) >= 11 is 0. The molecule has 1 rings (SSSR count). The van der Waals surface area contributed by atoms with Crippen molar-refractivity contribution in [3.63, 3.8) is 0 Å². The Morgan fingerprint density at radius 1 is 1.09 bits per heavy atom. The molecule has 1 N–H and O–H groups in total. The molecular weight excluding hydrogens is 300 g/mol. The fraction of sp³-hybridized carbons (Fsp3) is 0.588. The first-order valence-corrected chi connectivity index (χ1v) is 7.65. The van der Waals surface area contributed by atoms with Crippen molar-refractivity contribution in [1.82, 2.24) is 0 Å². The van der Waals surface area contributed by atoms with E-state index in [-0.39, 0.29) is 54.3 Å². The molecule has 1 aliphatic carbocycles. The summed E-state index contributed by atoms with van der Waals surface area (Å²) in [5.41, 5.74) is -0.779. The Morgan fingerprint density at radius 2 is 1.61 bits per heavy atom. The molecule has 0 aliphatic heterocycles. The van der Waals surface area contributed by atoms with Crippen molar-refractivity contribution in [3.05, 3.63) is 22.5 Å². The van der Waals surface area contributed by atoms with Gasteiger partial charge in [-0.2, -0.15) is 0 Å². The number of ketones is 1. The molecule has 0 saturated carbocycles. The van der Waals surface area contributed by atoms with Gasteiger partial charge in [-0.15, -0.1) is 0 Å². The van der Waals surface area contributed by atoms with Crippen molar-refractivity contribution in [3.8, 4) is 0 Å². The molecule has 0 bridgehead atoms. The molecule has 6 heteroatoms. The first-order valence-electron chi connectivity index (χ1n) is 7.65. The molecule has 0 heterocycles. The smallest absolute Gasteiger partial charge is 0.339 e. The number of allylic oxidation sites excluding steroid dienone is 1. The number of carbonyl (C=O) groups excluding carboxylic acids is 3. The number of hydrogen-bond acceptors (Lipinski definition) is 6. The lowest BCUT2D eigenvalue weighted by Crippen LogP contribution is -2.30. The fourth-order valence-corrected chi connectivity index (χ4v) is 2.56. The summed E-state index contributed by atoms with van der Waals surface area (Å²) in [4.78, 5) is 36.7. The van der Waals surface area contributed by atoms with Crippen LogP contribution in [0.15, 0.2) is 22.5 Å². The fourth-order valence-electron chi connectivity index (χ4n) is 2.56. The predicted octanol–water partition coefficient (Wildman–Crippen LogP) is 2.63. The van der Waals surface area contributed by atoms with E-state index in [1.165, 1.54) is 6.92 Å². The summed E-state index contributed by atoms with van der Waals surface area (Å²) in [7, 11) is 0. The van der Waals surface area contributed by atoms with Crippen molar-refractivity contribution in [2.75, 3.05) is 13.2 Å². The standard InChI is InChI=1S/C17H24O6/c1-6-22-15(20)10(3)13(16(21)23-7-2)14-11(18)8-17(4,5)9-12(14)19/h18H,6-9H2,1-5H3/b13-10-. The zero-order chi connectivity index (χ0) is 17.8. The molecule has 1 aliphatic rings. The number of ether oxygens (including phenoxy) is 2. The third-order valence-corrected chi connectivity index (χ3v) is 3.54. The highest BCUT2D eigenvalue weighted by atomic mass is 16.5. The zero-order valence-electron chi connectivity index (χ0n) is 14.3. The third kappa shape index (κ3) is 4.43. The SMILES string of the molecule is CCOC(=O)/C(C)=C(\C(=O)OCC)C1=C(O)CC(C)(C)CC1=O. The van der Waals surface area contributed by atoms with Gasteiger partial charge in [0, 0.05) is 18.4 Å². The number of esters is 2. The van der Waals surface area contributed by atoms with Gasteiger partial charge in [-0.3, -0.25) is 4.79 Å². The maximum absolute atomic E-state index is 12.4. The summed E-state index contributed by atoms with van der Waals surface area (Å²) < 4.78 is 9.85. The van der Waals surface area contributed by atoms with Gasteiger partial charge in [-0.05, 0) is 26.2 Å². The number of hydrogen-bond donors (Lipinski definition) is 1. The minimum Gasteiger partial charge on any atom is -0.512 e. The molecule has 128 valence electrons. The monoisotopic (exact) mass is 324 g/mol. The van der Waals surface area contributed by atoms with Crippen LogP contribution >= 0.6 is 0 Å². The Labute approximate surface area is 136 Å². The largest absolute Gasteiger partial charge is 0.512 e. The topological polar surface area (TPSA) is 89.9 Å². The summed E-state index contributed by atoms with van der Waals surface area (Å²) in [6.07, 6.45) is 0.415. The summed E-state index contributed by atoms with van der Waals surface area (Å²) in [6.45, 7) is 8.57. The minimum atomic E-state index is -0.812. The van der Waals surface area contributed by atoms with Crippen LogP contribution in [0, 0.1) is 5.41 Å². The van der Waals surface area contributed by atoms with Gasteiger partial charge in [0.2, 0.25) is 0 Å². The highest BCUT2D eigenvalue weighted by Crippen LogP contribution is 2.39. The summed E-state index contributed by atoms with van der Waals surface area (Å²) in [5.74, 6) is -2.11.